The van der Waals surface area contributed by atoms with Crippen molar-refractivity contribution in [1.82, 2.24) is 0 Å². The SMILES string of the molecule is COCCOC(=O)c1cc([N+](=O)[O-])ccc1Cl. The molecule has 0 amide bonds. The first-order chi connectivity index (χ1) is 8.06. The quantitative estimate of drug-likeness (QED) is 0.350. The highest BCUT2D eigenvalue weighted by molar-refractivity contribution is 6.33. The van der Waals surface area contributed by atoms with Gasteiger partial charge in [0.05, 0.1) is 22.1 Å². The van der Waals surface area contributed by atoms with Crippen LogP contribution in [0.2, 0.25) is 5.02 Å². The van der Waals surface area contributed by atoms with Gasteiger partial charge in [0, 0.05) is 19.2 Å². The molecule has 92 valence electrons. The van der Waals surface area contributed by atoms with Crippen molar-refractivity contribution in [3.8, 4) is 0 Å². The third kappa shape index (κ3) is 3.69. The van der Waals surface area contributed by atoms with E-state index in [-0.39, 0.29) is 29.5 Å². The predicted molar refractivity (Wildman–Crippen MR) is 60.3 cm³/mol. The van der Waals surface area contributed by atoms with Crippen LogP contribution in [0, 0.1) is 10.1 Å². The molecule has 0 aliphatic rings. The molecule has 0 aromatic heterocycles. The van der Waals surface area contributed by atoms with E-state index in [4.69, 9.17) is 21.1 Å². The number of rotatable bonds is 5. The number of methoxy groups -OCH3 is 1. The Morgan fingerprint density at radius 3 is 2.76 bits per heavy atom. The van der Waals surface area contributed by atoms with E-state index in [0.717, 1.165) is 6.07 Å². The topological polar surface area (TPSA) is 78.7 Å². The summed E-state index contributed by atoms with van der Waals surface area (Å²) in [4.78, 5) is 21.5. The van der Waals surface area contributed by atoms with Gasteiger partial charge in [-0.25, -0.2) is 4.79 Å². The van der Waals surface area contributed by atoms with Crippen LogP contribution in [0.4, 0.5) is 5.69 Å². The second-order valence-corrected chi connectivity index (χ2v) is 3.46. The lowest BCUT2D eigenvalue weighted by atomic mass is 10.2. The molecule has 0 N–H and O–H groups in total. The lowest BCUT2D eigenvalue weighted by Gasteiger charge is -2.05. The molecule has 0 saturated heterocycles. The summed E-state index contributed by atoms with van der Waals surface area (Å²) in [6, 6.07) is 3.58. The van der Waals surface area contributed by atoms with Gasteiger partial charge in [0.15, 0.2) is 0 Å². The molecule has 0 saturated carbocycles. The van der Waals surface area contributed by atoms with E-state index in [2.05, 4.69) is 0 Å². The standard InChI is InChI=1S/C10H10ClNO5/c1-16-4-5-17-10(13)8-6-7(12(14)15)2-3-9(8)11/h2-3,6H,4-5H2,1H3. The fraction of sp³-hybridized carbons (Fsp3) is 0.300. The Labute approximate surface area is 102 Å². The predicted octanol–water partition coefficient (Wildman–Crippen LogP) is 2.05. The summed E-state index contributed by atoms with van der Waals surface area (Å²) in [5, 5.41) is 10.6. The minimum absolute atomic E-state index is 0.0306. The Morgan fingerprint density at radius 1 is 1.47 bits per heavy atom. The van der Waals surface area contributed by atoms with Crippen LogP contribution in [-0.2, 0) is 9.47 Å². The number of benzene rings is 1. The van der Waals surface area contributed by atoms with E-state index in [9.17, 15) is 14.9 Å². The van der Waals surface area contributed by atoms with E-state index in [1.807, 2.05) is 0 Å². The van der Waals surface area contributed by atoms with Crippen LogP contribution >= 0.6 is 11.6 Å². The molecule has 1 aromatic rings. The van der Waals surface area contributed by atoms with Crippen LogP contribution in [0.3, 0.4) is 0 Å². The summed E-state index contributed by atoms with van der Waals surface area (Å²) in [6.45, 7) is 0.312. The molecule has 1 rings (SSSR count). The van der Waals surface area contributed by atoms with Crippen LogP contribution in [0.1, 0.15) is 10.4 Å². The molecule has 0 radical (unpaired) electrons. The van der Waals surface area contributed by atoms with Crippen molar-refractivity contribution in [3.63, 3.8) is 0 Å². The van der Waals surface area contributed by atoms with Gasteiger partial charge in [-0.05, 0) is 6.07 Å². The van der Waals surface area contributed by atoms with Gasteiger partial charge in [0.1, 0.15) is 6.61 Å². The van der Waals surface area contributed by atoms with Gasteiger partial charge in [-0.3, -0.25) is 10.1 Å². The van der Waals surface area contributed by atoms with E-state index in [0.29, 0.717) is 0 Å². The number of non-ortho nitro benzene ring substituents is 1. The molecule has 7 heteroatoms. The molecule has 0 bridgehead atoms. The average Bonchev–Trinajstić information content (AvgIpc) is 2.29. The maximum atomic E-state index is 11.5. The van der Waals surface area contributed by atoms with Crippen LogP contribution in [-0.4, -0.2) is 31.2 Å². The molecule has 1 aromatic carbocycles. The first-order valence-corrected chi connectivity index (χ1v) is 5.04. The average molecular weight is 260 g/mol. The number of esters is 1. The normalized spacial score (nSPS) is 10.0. The van der Waals surface area contributed by atoms with Crippen LogP contribution in [0.25, 0.3) is 0 Å². The number of carbonyl (C=O) groups excluding carboxylic acids is 1. The first kappa shape index (κ1) is 13.4. The molecular formula is C10H10ClNO5. The maximum absolute atomic E-state index is 11.5. The van der Waals surface area contributed by atoms with Gasteiger partial charge in [-0.1, -0.05) is 11.6 Å². The number of nitro groups is 1. The van der Waals surface area contributed by atoms with E-state index >= 15 is 0 Å². The Hall–Kier alpha value is -1.66. The van der Waals surface area contributed by atoms with Gasteiger partial charge >= 0.3 is 5.97 Å². The van der Waals surface area contributed by atoms with E-state index in [1.165, 1.54) is 19.2 Å². The number of nitrogens with zero attached hydrogens (tertiary/aromatic N) is 1. The molecular weight excluding hydrogens is 250 g/mol. The summed E-state index contributed by atoms with van der Waals surface area (Å²) in [5.74, 6) is -0.712. The molecule has 6 nitrogen and oxygen atoms in total. The van der Waals surface area contributed by atoms with Crippen molar-refractivity contribution in [3.05, 3.63) is 38.9 Å². The minimum atomic E-state index is -0.712. The fourth-order valence-electron chi connectivity index (χ4n) is 1.08. The second-order valence-electron chi connectivity index (χ2n) is 3.05. The zero-order valence-corrected chi connectivity index (χ0v) is 9.77. The Morgan fingerprint density at radius 2 is 2.18 bits per heavy atom. The molecule has 0 spiro atoms. The van der Waals surface area contributed by atoms with E-state index < -0.39 is 10.9 Å². The third-order valence-corrected chi connectivity index (χ3v) is 2.23. The number of halogens is 1. The van der Waals surface area contributed by atoms with Gasteiger partial charge in [-0.2, -0.15) is 0 Å². The van der Waals surface area contributed by atoms with Gasteiger partial charge in [-0.15, -0.1) is 0 Å². The molecule has 17 heavy (non-hydrogen) atoms. The smallest absolute Gasteiger partial charge is 0.339 e. The summed E-state index contributed by atoms with van der Waals surface area (Å²) < 4.78 is 9.51. The van der Waals surface area contributed by atoms with Crippen LogP contribution in [0.15, 0.2) is 18.2 Å². The van der Waals surface area contributed by atoms with Gasteiger partial charge in [0.2, 0.25) is 0 Å². The molecule has 0 heterocycles. The molecule has 0 fully saturated rings. The highest BCUT2D eigenvalue weighted by Gasteiger charge is 2.16. The van der Waals surface area contributed by atoms with Gasteiger partial charge < -0.3 is 9.47 Å². The highest BCUT2D eigenvalue weighted by Crippen LogP contribution is 2.22. The Bertz CT molecular complexity index is 435. The number of carbonyl (C=O) groups is 1. The van der Waals surface area contributed by atoms with Crippen molar-refractivity contribution in [2.75, 3.05) is 20.3 Å². The Kier molecular flexibility index (Phi) is 4.86. The lowest BCUT2D eigenvalue weighted by Crippen LogP contribution is -2.10. The third-order valence-electron chi connectivity index (χ3n) is 1.90. The van der Waals surface area contributed by atoms with Crippen molar-refractivity contribution < 1.29 is 19.2 Å². The summed E-state index contributed by atoms with van der Waals surface area (Å²) in [6.07, 6.45) is 0. The second kappa shape index (κ2) is 6.17. The molecule has 0 aliphatic heterocycles. The monoisotopic (exact) mass is 259 g/mol. The van der Waals surface area contributed by atoms with Crippen molar-refractivity contribution in [2.24, 2.45) is 0 Å². The zero-order valence-electron chi connectivity index (χ0n) is 9.01. The highest BCUT2D eigenvalue weighted by atomic mass is 35.5. The minimum Gasteiger partial charge on any atom is -0.460 e. The summed E-state index contributed by atoms with van der Waals surface area (Å²) >= 11 is 5.75. The zero-order chi connectivity index (χ0) is 12.8. The number of ether oxygens (including phenoxy) is 2. The van der Waals surface area contributed by atoms with Crippen LogP contribution in [0.5, 0.6) is 0 Å². The molecule has 0 unspecified atom stereocenters. The van der Waals surface area contributed by atoms with E-state index in [1.54, 1.807) is 0 Å². The number of hydrogen-bond donors (Lipinski definition) is 0. The molecule has 0 atom stereocenters. The maximum Gasteiger partial charge on any atom is 0.339 e. The van der Waals surface area contributed by atoms with Crippen molar-refractivity contribution in [2.45, 2.75) is 0 Å². The van der Waals surface area contributed by atoms with Gasteiger partial charge in [0.25, 0.3) is 5.69 Å². The number of hydrogen-bond acceptors (Lipinski definition) is 5. The van der Waals surface area contributed by atoms with Crippen molar-refractivity contribution in [1.29, 1.82) is 0 Å². The van der Waals surface area contributed by atoms with Crippen LogP contribution < -0.4 is 0 Å². The van der Waals surface area contributed by atoms with Crippen molar-refractivity contribution >= 4 is 23.3 Å². The molecule has 0 aliphatic carbocycles. The summed E-state index contributed by atoms with van der Waals surface area (Å²) in [5.41, 5.74) is -0.245. The first-order valence-electron chi connectivity index (χ1n) is 4.66. The fourth-order valence-corrected chi connectivity index (χ4v) is 1.27. The lowest BCUT2D eigenvalue weighted by molar-refractivity contribution is -0.384. The summed E-state index contributed by atoms with van der Waals surface area (Å²) in [7, 11) is 1.47. The number of nitro benzene ring substituents is 1. The Balaban J connectivity index is 2.84. The largest absolute Gasteiger partial charge is 0.460 e.